The molecule has 2 aromatic heterocycles. The van der Waals surface area contributed by atoms with Crippen LogP contribution in [0.25, 0.3) is 0 Å². The van der Waals surface area contributed by atoms with E-state index in [1.165, 1.54) is 30.0 Å². The third kappa shape index (κ3) is 6.87. The van der Waals surface area contributed by atoms with E-state index in [2.05, 4.69) is 32.4 Å². The summed E-state index contributed by atoms with van der Waals surface area (Å²) in [5, 5.41) is 5.70. The molecular formula is C24H23F2N5O3. The molecule has 0 saturated heterocycles. The SMILES string of the molecule is COc1ccnc(NCCC#CCCNC(=O)c2cccn(Cc3ccc(F)c(F)c3)c2=O)n1. The van der Waals surface area contributed by atoms with Gasteiger partial charge in [-0.2, -0.15) is 4.98 Å². The van der Waals surface area contributed by atoms with E-state index < -0.39 is 23.1 Å². The van der Waals surface area contributed by atoms with Gasteiger partial charge < -0.3 is 19.9 Å². The maximum absolute atomic E-state index is 13.4. The van der Waals surface area contributed by atoms with Gasteiger partial charge in [-0.25, -0.2) is 13.8 Å². The molecule has 0 saturated carbocycles. The van der Waals surface area contributed by atoms with Gasteiger partial charge in [-0.1, -0.05) is 6.07 Å². The Morgan fingerprint density at radius 2 is 1.91 bits per heavy atom. The van der Waals surface area contributed by atoms with Gasteiger partial charge in [0.05, 0.1) is 13.7 Å². The zero-order valence-corrected chi connectivity index (χ0v) is 18.5. The summed E-state index contributed by atoms with van der Waals surface area (Å²) < 4.78 is 32.8. The first-order chi connectivity index (χ1) is 16.5. The molecule has 8 nitrogen and oxygen atoms in total. The molecule has 0 fully saturated rings. The van der Waals surface area contributed by atoms with Gasteiger partial charge in [0.15, 0.2) is 11.6 Å². The fourth-order valence-corrected chi connectivity index (χ4v) is 2.96. The van der Waals surface area contributed by atoms with Crippen LogP contribution in [-0.2, 0) is 6.54 Å². The number of anilines is 1. The number of methoxy groups -OCH3 is 1. The number of carbonyl (C=O) groups excluding carboxylic acids is 1. The second-order valence-corrected chi connectivity index (χ2v) is 7.06. The number of amides is 1. The highest BCUT2D eigenvalue weighted by Gasteiger charge is 2.12. The van der Waals surface area contributed by atoms with E-state index in [0.717, 1.165) is 12.1 Å². The summed E-state index contributed by atoms with van der Waals surface area (Å²) in [6.07, 6.45) is 4.04. The minimum atomic E-state index is -0.995. The quantitative estimate of drug-likeness (QED) is 0.371. The summed E-state index contributed by atoms with van der Waals surface area (Å²) in [6.45, 7) is 0.835. The first kappa shape index (κ1) is 24.4. The molecule has 0 spiro atoms. The zero-order chi connectivity index (χ0) is 24.3. The van der Waals surface area contributed by atoms with Crippen LogP contribution in [0.2, 0.25) is 0 Å². The molecule has 34 heavy (non-hydrogen) atoms. The van der Waals surface area contributed by atoms with Crippen molar-refractivity contribution in [3.05, 3.63) is 81.9 Å². The molecule has 3 rings (SSSR count). The van der Waals surface area contributed by atoms with Gasteiger partial charge in [-0.05, 0) is 29.8 Å². The summed E-state index contributed by atoms with van der Waals surface area (Å²) in [5.74, 6) is 4.36. The van der Waals surface area contributed by atoms with Crippen LogP contribution in [0.3, 0.4) is 0 Å². The third-order valence-electron chi connectivity index (χ3n) is 4.63. The van der Waals surface area contributed by atoms with Crippen LogP contribution in [0.15, 0.2) is 53.6 Å². The number of benzene rings is 1. The predicted molar refractivity (Wildman–Crippen MR) is 123 cm³/mol. The van der Waals surface area contributed by atoms with Crippen LogP contribution in [0.1, 0.15) is 28.8 Å². The molecule has 0 atom stereocenters. The molecule has 0 aliphatic rings. The van der Waals surface area contributed by atoms with Crippen LogP contribution in [0, 0.1) is 23.5 Å². The first-order valence-electron chi connectivity index (χ1n) is 10.5. The number of hydrogen-bond acceptors (Lipinski definition) is 6. The Morgan fingerprint density at radius 1 is 1.12 bits per heavy atom. The smallest absolute Gasteiger partial charge is 0.263 e. The predicted octanol–water partition coefficient (Wildman–Crippen LogP) is 2.60. The van der Waals surface area contributed by atoms with E-state index in [-0.39, 0.29) is 18.7 Å². The Kier molecular flexibility index (Phi) is 8.68. The van der Waals surface area contributed by atoms with Gasteiger partial charge in [0, 0.05) is 44.4 Å². The van der Waals surface area contributed by atoms with Gasteiger partial charge in [0.25, 0.3) is 11.5 Å². The van der Waals surface area contributed by atoms with E-state index >= 15 is 0 Å². The average Bonchev–Trinajstić information content (AvgIpc) is 2.84. The fraction of sp³-hybridized carbons (Fsp3) is 0.250. The average molecular weight is 467 g/mol. The fourth-order valence-electron chi connectivity index (χ4n) is 2.96. The van der Waals surface area contributed by atoms with Crippen molar-refractivity contribution in [1.82, 2.24) is 19.9 Å². The molecule has 1 aromatic carbocycles. The topological polar surface area (TPSA) is 98.1 Å². The van der Waals surface area contributed by atoms with Gasteiger partial charge in [-0.3, -0.25) is 9.59 Å². The molecule has 176 valence electrons. The number of ether oxygens (including phenoxy) is 1. The van der Waals surface area contributed by atoms with Gasteiger partial charge in [0.2, 0.25) is 11.8 Å². The van der Waals surface area contributed by atoms with E-state index in [0.29, 0.717) is 36.8 Å². The van der Waals surface area contributed by atoms with Gasteiger partial charge in [-0.15, -0.1) is 11.8 Å². The summed E-state index contributed by atoms with van der Waals surface area (Å²) in [6, 6.07) is 8.01. The first-order valence-corrected chi connectivity index (χ1v) is 10.5. The second kappa shape index (κ2) is 12.1. The Bertz CT molecular complexity index is 1270. The normalized spacial score (nSPS) is 10.2. The molecule has 0 aliphatic heterocycles. The number of halogens is 2. The second-order valence-electron chi connectivity index (χ2n) is 7.06. The molecule has 2 heterocycles. The molecule has 0 unspecified atom stereocenters. The molecule has 3 aromatic rings. The van der Waals surface area contributed by atoms with Crippen molar-refractivity contribution in [2.75, 3.05) is 25.5 Å². The minimum Gasteiger partial charge on any atom is -0.481 e. The van der Waals surface area contributed by atoms with Crippen LogP contribution >= 0.6 is 0 Å². The Hall–Kier alpha value is -4.26. The number of pyridine rings is 1. The van der Waals surface area contributed by atoms with Crippen LogP contribution in [0.4, 0.5) is 14.7 Å². The lowest BCUT2D eigenvalue weighted by Gasteiger charge is -2.09. The lowest BCUT2D eigenvalue weighted by atomic mass is 10.2. The number of nitrogens with zero attached hydrogens (tertiary/aromatic N) is 3. The van der Waals surface area contributed by atoms with Crippen molar-refractivity contribution in [3.8, 4) is 17.7 Å². The summed E-state index contributed by atoms with van der Waals surface area (Å²) in [7, 11) is 1.53. The van der Waals surface area contributed by atoms with Crippen molar-refractivity contribution in [3.63, 3.8) is 0 Å². The van der Waals surface area contributed by atoms with Crippen molar-refractivity contribution >= 4 is 11.9 Å². The van der Waals surface area contributed by atoms with Crippen molar-refractivity contribution < 1.29 is 18.3 Å². The van der Waals surface area contributed by atoms with E-state index in [9.17, 15) is 18.4 Å². The van der Waals surface area contributed by atoms with Crippen molar-refractivity contribution in [2.24, 2.45) is 0 Å². The molecule has 2 N–H and O–H groups in total. The van der Waals surface area contributed by atoms with Gasteiger partial charge >= 0.3 is 0 Å². The van der Waals surface area contributed by atoms with Crippen LogP contribution in [0.5, 0.6) is 5.88 Å². The molecule has 10 heteroatoms. The van der Waals surface area contributed by atoms with E-state index in [1.54, 1.807) is 18.3 Å². The molecule has 0 bridgehead atoms. The maximum atomic E-state index is 13.4. The van der Waals surface area contributed by atoms with Gasteiger partial charge in [0.1, 0.15) is 5.56 Å². The monoisotopic (exact) mass is 467 g/mol. The minimum absolute atomic E-state index is 0.0114. The van der Waals surface area contributed by atoms with Crippen LogP contribution in [-0.4, -0.2) is 40.6 Å². The third-order valence-corrected chi connectivity index (χ3v) is 4.63. The number of carbonyl (C=O) groups is 1. The highest BCUT2D eigenvalue weighted by molar-refractivity contribution is 5.93. The van der Waals surface area contributed by atoms with E-state index in [1.807, 2.05) is 0 Å². The summed E-state index contributed by atoms with van der Waals surface area (Å²) >= 11 is 0. The lowest BCUT2D eigenvalue weighted by Crippen LogP contribution is -2.33. The Balaban J connectivity index is 1.45. The Morgan fingerprint density at radius 3 is 2.68 bits per heavy atom. The standard InChI is InChI=1S/C24H23F2N5O3/c1-34-21-10-13-29-24(30-21)28-12-5-3-2-4-11-27-22(32)18-7-6-14-31(23(18)33)16-17-8-9-19(25)20(26)15-17/h6-10,13-15H,4-5,11-12,16H2,1H3,(H,27,32)(H,28,29,30). The van der Waals surface area contributed by atoms with Crippen molar-refractivity contribution in [2.45, 2.75) is 19.4 Å². The molecular weight excluding hydrogens is 444 g/mol. The van der Waals surface area contributed by atoms with Crippen molar-refractivity contribution in [1.29, 1.82) is 0 Å². The highest BCUT2D eigenvalue weighted by atomic mass is 19.2. The number of hydrogen-bond donors (Lipinski definition) is 2. The number of rotatable bonds is 9. The molecule has 1 amide bonds. The highest BCUT2D eigenvalue weighted by Crippen LogP contribution is 2.10. The number of nitrogens with one attached hydrogen (secondary N) is 2. The van der Waals surface area contributed by atoms with Crippen LogP contribution < -0.4 is 20.9 Å². The molecule has 0 aliphatic carbocycles. The maximum Gasteiger partial charge on any atom is 0.263 e. The zero-order valence-electron chi connectivity index (χ0n) is 18.5. The Labute approximate surface area is 195 Å². The summed E-state index contributed by atoms with van der Waals surface area (Å²) in [4.78, 5) is 33.2. The summed E-state index contributed by atoms with van der Waals surface area (Å²) in [5.41, 5.74) is -0.163. The van der Waals surface area contributed by atoms with E-state index in [4.69, 9.17) is 4.74 Å². The molecule has 0 radical (unpaired) electrons. The number of aromatic nitrogens is 3. The lowest BCUT2D eigenvalue weighted by molar-refractivity contribution is 0.0952. The largest absolute Gasteiger partial charge is 0.481 e.